The first-order valence-corrected chi connectivity index (χ1v) is 5.41. The predicted molar refractivity (Wildman–Crippen MR) is 62.1 cm³/mol. The Labute approximate surface area is 113 Å². The molecule has 7 nitrogen and oxygen atoms in total. The molecule has 1 amide bonds. The van der Waals surface area contributed by atoms with Gasteiger partial charge in [-0.05, 0) is 18.3 Å². The fraction of sp³-hybridized carbons (Fsp3) is 0.700. The van der Waals surface area contributed by atoms with Gasteiger partial charge in [0.05, 0.1) is 5.92 Å². The van der Waals surface area contributed by atoms with Crippen LogP contribution < -0.4 is 11.5 Å². The number of aliphatic carboxylic acids is 2. The highest BCUT2D eigenvalue weighted by molar-refractivity contribution is 5.92. The molecule has 0 aromatic carbocycles. The number of rotatable bonds is 4. The number of carbonyl (C=O) groups is 3. The largest absolute Gasteiger partial charge is 0.481 e. The second-order valence-corrected chi connectivity index (χ2v) is 4.88. The number of carbonyl (C=O) groups excluding carboxylic acids is 1. The number of carboxylic acid groups (broad SMARTS) is 2. The van der Waals surface area contributed by atoms with Gasteiger partial charge in [0.2, 0.25) is 5.91 Å². The fourth-order valence-corrected chi connectivity index (χ4v) is 3.35. The maximum absolute atomic E-state index is 14.0. The molecular formula is C10H14ClFN2O5. The molecule has 2 aliphatic carbocycles. The molecule has 2 aliphatic rings. The van der Waals surface area contributed by atoms with Crippen LogP contribution in [0, 0.1) is 23.2 Å². The molecule has 19 heavy (non-hydrogen) atoms. The van der Waals surface area contributed by atoms with Crippen LogP contribution in [0.15, 0.2) is 0 Å². The summed E-state index contributed by atoms with van der Waals surface area (Å²) in [5.41, 5.74) is 8.19. The zero-order chi connectivity index (χ0) is 13.8. The van der Waals surface area contributed by atoms with Crippen molar-refractivity contribution >= 4 is 30.3 Å². The van der Waals surface area contributed by atoms with E-state index in [0.29, 0.717) is 0 Å². The van der Waals surface area contributed by atoms with E-state index < -0.39 is 53.2 Å². The van der Waals surface area contributed by atoms with E-state index in [9.17, 15) is 23.9 Å². The summed E-state index contributed by atoms with van der Waals surface area (Å²) in [6.07, 6.45) is -2.07. The lowest BCUT2D eigenvalue weighted by Crippen LogP contribution is -2.59. The first-order chi connectivity index (χ1) is 8.26. The molecule has 0 spiro atoms. The number of amides is 1. The maximum atomic E-state index is 14.0. The summed E-state index contributed by atoms with van der Waals surface area (Å²) in [7, 11) is 0. The highest BCUT2D eigenvalue weighted by atomic mass is 35.5. The van der Waals surface area contributed by atoms with E-state index in [1.807, 2.05) is 0 Å². The van der Waals surface area contributed by atoms with Crippen LogP contribution >= 0.6 is 12.4 Å². The summed E-state index contributed by atoms with van der Waals surface area (Å²) < 4.78 is 14.0. The number of halogens is 2. The number of nitrogens with two attached hydrogens (primary N) is 2. The van der Waals surface area contributed by atoms with Gasteiger partial charge in [0, 0.05) is 0 Å². The summed E-state index contributed by atoms with van der Waals surface area (Å²) in [5, 5.41) is 18.1. The summed E-state index contributed by atoms with van der Waals surface area (Å²) in [4.78, 5) is 33.4. The van der Waals surface area contributed by atoms with Crippen molar-refractivity contribution in [3.63, 3.8) is 0 Å². The molecule has 6 N–H and O–H groups in total. The molecule has 0 aromatic rings. The first-order valence-electron chi connectivity index (χ1n) is 5.41. The monoisotopic (exact) mass is 296 g/mol. The molecule has 108 valence electrons. The third kappa shape index (κ3) is 1.78. The molecule has 2 saturated carbocycles. The van der Waals surface area contributed by atoms with Gasteiger partial charge in [0.15, 0.2) is 0 Å². The summed E-state index contributed by atoms with van der Waals surface area (Å²) in [5.74, 6) is -6.45. The molecule has 0 bridgehead atoms. The van der Waals surface area contributed by atoms with Crippen molar-refractivity contribution in [3.05, 3.63) is 0 Å². The van der Waals surface area contributed by atoms with Crippen LogP contribution in [0.3, 0.4) is 0 Å². The smallest absolute Gasteiger partial charge is 0.315 e. The standard InChI is InChI=1S/C10H13FN2O5.ClH/c11-3-1-2-4(8(15)16)5(2)10(3,9(17)18)6(12)7(13)14;/h2-6H,1,12H2,(H2,13,14)(H,15,16)(H,17,18);1H/t2-,3-,4-,5-,6?,10+;/m0./s1. The van der Waals surface area contributed by atoms with E-state index in [1.54, 1.807) is 0 Å². The minimum absolute atomic E-state index is 0. The molecule has 0 saturated heterocycles. The van der Waals surface area contributed by atoms with Gasteiger partial charge in [-0.2, -0.15) is 0 Å². The topological polar surface area (TPSA) is 144 Å². The molecule has 0 aliphatic heterocycles. The van der Waals surface area contributed by atoms with Gasteiger partial charge in [-0.1, -0.05) is 0 Å². The average Bonchev–Trinajstić information content (AvgIpc) is 2.85. The number of primary amides is 1. The Morgan fingerprint density at radius 3 is 2.21 bits per heavy atom. The second kappa shape index (κ2) is 4.61. The number of alkyl halides is 1. The molecule has 0 heterocycles. The molecular weight excluding hydrogens is 283 g/mol. The van der Waals surface area contributed by atoms with Gasteiger partial charge in [0.25, 0.3) is 0 Å². The molecule has 1 unspecified atom stereocenters. The number of hydrogen-bond acceptors (Lipinski definition) is 4. The van der Waals surface area contributed by atoms with Crippen molar-refractivity contribution in [1.29, 1.82) is 0 Å². The third-order valence-corrected chi connectivity index (χ3v) is 4.19. The van der Waals surface area contributed by atoms with Gasteiger partial charge in [-0.25, -0.2) is 4.39 Å². The Kier molecular flexibility index (Phi) is 3.79. The molecule has 9 heteroatoms. The Morgan fingerprint density at radius 2 is 1.84 bits per heavy atom. The lowest BCUT2D eigenvalue weighted by molar-refractivity contribution is -0.160. The van der Waals surface area contributed by atoms with E-state index in [0.717, 1.165) is 0 Å². The van der Waals surface area contributed by atoms with Crippen molar-refractivity contribution in [2.45, 2.75) is 18.6 Å². The van der Waals surface area contributed by atoms with Crippen molar-refractivity contribution < 1.29 is 29.0 Å². The van der Waals surface area contributed by atoms with Gasteiger partial charge in [0.1, 0.15) is 17.6 Å². The maximum Gasteiger partial charge on any atom is 0.315 e. The van der Waals surface area contributed by atoms with Crippen LogP contribution in [0.25, 0.3) is 0 Å². The summed E-state index contributed by atoms with van der Waals surface area (Å²) >= 11 is 0. The third-order valence-electron chi connectivity index (χ3n) is 4.19. The van der Waals surface area contributed by atoms with E-state index in [1.165, 1.54) is 0 Å². The zero-order valence-electron chi connectivity index (χ0n) is 9.65. The summed E-state index contributed by atoms with van der Waals surface area (Å²) in [6, 6.07) is -1.73. The Morgan fingerprint density at radius 1 is 1.32 bits per heavy atom. The van der Waals surface area contributed by atoms with Crippen molar-refractivity contribution in [3.8, 4) is 0 Å². The minimum atomic E-state index is -2.21. The molecule has 0 aromatic heterocycles. The minimum Gasteiger partial charge on any atom is -0.481 e. The molecule has 0 radical (unpaired) electrons. The molecule has 2 rings (SSSR count). The van der Waals surface area contributed by atoms with E-state index in [4.69, 9.17) is 16.6 Å². The zero-order valence-corrected chi connectivity index (χ0v) is 10.5. The molecule has 2 fully saturated rings. The second-order valence-electron chi connectivity index (χ2n) is 4.88. The number of carboxylic acids is 2. The SMILES string of the molecule is Cl.NC(=O)C(N)[C@]1(C(=O)O)[C@H]2[C@@H](C[C@@H]1F)[C@@H]2C(=O)O. The lowest BCUT2D eigenvalue weighted by Gasteiger charge is -2.33. The van der Waals surface area contributed by atoms with Crippen LogP contribution in [-0.4, -0.2) is 40.3 Å². The van der Waals surface area contributed by atoms with Crippen LogP contribution in [0.1, 0.15) is 6.42 Å². The van der Waals surface area contributed by atoms with Gasteiger partial charge < -0.3 is 21.7 Å². The van der Waals surface area contributed by atoms with Crippen LogP contribution in [-0.2, 0) is 14.4 Å². The van der Waals surface area contributed by atoms with E-state index in [2.05, 4.69) is 0 Å². The average molecular weight is 297 g/mol. The Bertz CT molecular complexity index is 448. The quantitative estimate of drug-likeness (QED) is 0.523. The van der Waals surface area contributed by atoms with Crippen LogP contribution in [0.4, 0.5) is 4.39 Å². The predicted octanol–water partition coefficient (Wildman–Crippen LogP) is -1.02. The van der Waals surface area contributed by atoms with Crippen LogP contribution in [0.5, 0.6) is 0 Å². The Hall–Kier alpha value is -1.41. The highest BCUT2D eigenvalue weighted by Crippen LogP contribution is 2.68. The summed E-state index contributed by atoms with van der Waals surface area (Å²) in [6.45, 7) is 0. The Balaban J connectivity index is 0.00000180. The van der Waals surface area contributed by atoms with Crippen molar-refractivity contribution in [1.82, 2.24) is 0 Å². The van der Waals surface area contributed by atoms with Gasteiger partial charge in [-0.15, -0.1) is 12.4 Å². The highest BCUT2D eigenvalue weighted by Gasteiger charge is 2.78. The number of hydrogen-bond donors (Lipinski definition) is 4. The van der Waals surface area contributed by atoms with Crippen molar-refractivity contribution in [2.24, 2.45) is 34.6 Å². The fourth-order valence-electron chi connectivity index (χ4n) is 3.35. The molecule has 6 atom stereocenters. The van der Waals surface area contributed by atoms with Gasteiger partial charge >= 0.3 is 11.9 Å². The van der Waals surface area contributed by atoms with Gasteiger partial charge in [-0.3, -0.25) is 14.4 Å². The number of fused-ring (bicyclic) bond motifs is 1. The first kappa shape index (κ1) is 15.6. The normalized spacial score (nSPS) is 40.7. The van der Waals surface area contributed by atoms with E-state index in [-0.39, 0.29) is 18.8 Å². The van der Waals surface area contributed by atoms with Crippen LogP contribution in [0.2, 0.25) is 0 Å². The van der Waals surface area contributed by atoms with E-state index >= 15 is 0 Å². The van der Waals surface area contributed by atoms with Crippen molar-refractivity contribution in [2.75, 3.05) is 0 Å². The lowest BCUT2D eigenvalue weighted by atomic mass is 9.73.